The molecule has 162 valence electrons. The van der Waals surface area contributed by atoms with Crippen LogP contribution in [0.1, 0.15) is 31.5 Å². The van der Waals surface area contributed by atoms with Crippen molar-refractivity contribution in [3.8, 4) is 16.9 Å². The van der Waals surface area contributed by atoms with Crippen molar-refractivity contribution in [2.24, 2.45) is 5.92 Å². The number of nitrogens with zero attached hydrogens (tertiary/aromatic N) is 4. The highest BCUT2D eigenvalue weighted by atomic mass is 19.4. The normalized spacial score (nSPS) is 17.8. The third kappa shape index (κ3) is 4.08. The molecule has 1 aromatic carbocycles. The first-order valence-corrected chi connectivity index (χ1v) is 10.4. The summed E-state index contributed by atoms with van der Waals surface area (Å²) in [4.78, 5) is 14.1. The predicted octanol–water partition coefficient (Wildman–Crippen LogP) is 4.19. The summed E-state index contributed by atoms with van der Waals surface area (Å²) < 4.78 is 46.3. The van der Waals surface area contributed by atoms with E-state index in [-0.39, 0.29) is 23.6 Å². The molecule has 1 aliphatic heterocycles. The minimum absolute atomic E-state index is 0.0526. The van der Waals surface area contributed by atoms with Gasteiger partial charge in [0.1, 0.15) is 11.9 Å². The van der Waals surface area contributed by atoms with Crippen LogP contribution in [0.3, 0.4) is 0 Å². The van der Waals surface area contributed by atoms with Crippen molar-refractivity contribution >= 4 is 11.6 Å². The lowest BCUT2D eigenvalue weighted by molar-refractivity contribution is -0.145. The number of rotatable bonds is 4. The molecule has 0 unspecified atom stereocenters. The molecule has 6 nitrogen and oxygen atoms in total. The maximum Gasteiger partial charge on any atom is 0.452 e. The molecular formula is C22H21F3N4O2. The number of aromatic nitrogens is 3. The summed E-state index contributed by atoms with van der Waals surface area (Å²) in [6.45, 7) is 1.44. The van der Waals surface area contributed by atoms with Gasteiger partial charge in [-0.1, -0.05) is 12.1 Å². The van der Waals surface area contributed by atoms with E-state index in [2.05, 4.69) is 10.2 Å². The molecule has 3 aromatic rings. The average molecular weight is 430 g/mol. The molecule has 9 heteroatoms. The van der Waals surface area contributed by atoms with E-state index in [4.69, 9.17) is 4.74 Å². The van der Waals surface area contributed by atoms with Crippen molar-refractivity contribution < 1.29 is 22.7 Å². The van der Waals surface area contributed by atoms with Crippen LogP contribution in [0.2, 0.25) is 0 Å². The number of hydrogen-bond acceptors (Lipinski definition) is 4. The lowest BCUT2D eigenvalue weighted by Gasteiger charge is -2.32. The van der Waals surface area contributed by atoms with E-state index in [1.54, 1.807) is 6.07 Å². The Labute approximate surface area is 176 Å². The van der Waals surface area contributed by atoms with Crippen molar-refractivity contribution in [2.75, 3.05) is 13.1 Å². The summed E-state index contributed by atoms with van der Waals surface area (Å²) in [5.41, 5.74) is 1.53. The van der Waals surface area contributed by atoms with Gasteiger partial charge in [-0.25, -0.2) is 0 Å². The second-order valence-electron chi connectivity index (χ2n) is 8.11. The summed E-state index contributed by atoms with van der Waals surface area (Å²) in [7, 11) is 0. The highest BCUT2D eigenvalue weighted by molar-refractivity contribution is 5.81. The van der Waals surface area contributed by atoms with E-state index in [1.807, 2.05) is 29.2 Å². The van der Waals surface area contributed by atoms with Crippen molar-refractivity contribution in [1.29, 1.82) is 0 Å². The van der Waals surface area contributed by atoms with Gasteiger partial charge in [0.05, 0.1) is 0 Å². The fourth-order valence-corrected chi connectivity index (χ4v) is 3.96. The quantitative estimate of drug-likeness (QED) is 0.623. The standard InChI is InChI=1S/C22H21F3N4O2/c23-22(24,25)21-27-26-19-8-5-16(13-29(19)21)14-3-6-17(7-4-14)31-18-9-11-28(12-10-18)20(30)15-1-2-15/h3-8,13,15,18H,1-2,9-12H2. The Balaban J connectivity index is 1.25. The smallest absolute Gasteiger partial charge is 0.452 e. The van der Waals surface area contributed by atoms with Gasteiger partial charge < -0.3 is 9.64 Å². The molecule has 1 aliphatic carbocycles. The molecule has 2 aromatic heterocycles. The van der Waals surface area contributed by atoms with Crippen molar-refractivity contribution in [3.05, 3.63) is 48.4 Å². The second kappa shape index (κ2) is 7.55. The van der Waals surface area contributed by atoms with E-state index in [9.17, 15) is 18.0 Å². The Bertz CT molecular complexity index is 1100. The van der Waals surface area contributed by atoms with Crippen molar-refractivity contribution in [3.63, 3.8) is 0 Å². The number of fused-ring (bicyclic) bond motifs is 1. The molecule has 0 radical (unpaired) electrons. The van der Waals surface area contributed by atoms with Gasteiger partial charge in [0.15, 0.2) is 5.65 Å². The third-order valence-corrected chi connectivity index (χ3v) is 5.83. The monoisotopic (exact) mass is 430 g/mol. The summed E-state index contributed by atoms with van der Waals surface area (Å²) in [6, 6.07) is 10.5. The first-order chi connectivity index (χ1) is 14.9. The number of piperidine rings is 1. The molecular weight excluding hydrogens is 409 g/mol. The summed E-state index contributed by atoms with van der Waals surface area (Å²) in [5, 5.41) is 6.83. The molecule has 1 saturated heterocycles. The fraction of sp³-hybridized carbons (Fsp3) is 0.409. The van der Waals surface area contributed by atoms with Crippen LogP contribution in [0, 0.1) is 5.92 Å². The zero-order valence-electron chi connectivity index (χ0n) is 16.7. The zero-order chi connectivity index (χ0) is 21.6. The van der Waals surface area contributed by atoms with Gasteiger partial charge in [-0.15, -0.1) is 10.2 Å². The Morgan fingerprint density at radius 2 is 1.61 bits per heavy atom. The topological polar surface area (TPSA) is 59.7 Å². The van der Waals surface area contributed by atoms with Crippen LogP contribution in [-0.2, 0) is 11.0 Å². The molecule has 3 heterocycles. The van der Waals surface area contributed by atoms with Gasteiger partial charge in [-0.05, 0) is 48.2 Å². The van der Waals surface area contributed by atoms with E-state index in [0.717, 1.165) is 48.7 Å². The molecule has 0 spiro atoms. The number of halogens is 3. The molecule has 2 fully saturated rings. The maximum atomic E-state index is 13.1. The minimum atomic E-state index is -4.57. The van der Waals surface area contributed by atoms with Crippen LogP contribution in [0.25, 0.3) is 16.8 Å². The van der Waals surface area contributed by atoms with Crippen LogP contribution in [0.15, 0.2) is 42.6 Å². The minimum Gasteiger partial charge on any atom is -0.490 e. The summed E-state index contributed by atoms with van der Waals surface area (Å²) in [6.07, 6.45) is 0.495. The number of ether oxygens (including phenoxy) is 1. The van der Waals surface area contributed by atoms with Crippen LogP contribution >= 0.6 is 0 Å². The lowest BCUT2D eigenvalue weighted by Crippen LogP contribution is -2.42. The zero-order valence-corrected chi connectivity index (χ0v) is 16.7. The van der Waals surface area contributed by atoms with E-state index >= 15 is 0 Å². The van der Waals surface area contributed by atoms with Crippen LogP contribution in [0.4, 0.5) is 13.2 Å². The largest absolute Gasteiger partial charge is 0.490 e. The summed E-state index contributed by atoms with van der Waals surface area (Å²) in [5.74, 6) is 0.184. The second-order valence-corrected chi connectivity index (χ2v) is 8.11. The Hall–Kier alpha value is -3.10. The molecule has 2 aliphatic rings. The molecule has 0 atom stereocenters. The third-order valence-electron chi connectivity index (χ3n) is 5.83. The van der Waals surface area contributed by atoms with Gasteiger partial charge in [-0.3, -0.25) is 9.20 Å². The highest BCUT2D eigenvalue weighted by Crippen LogP contribution is 2.33. The number of alkyl halides is 3. The number of carbonyl (C=O) groups is 1. The highest BCUT2D eigenvalue weighted by Gasteiger charge is 2.37. The lowest BCUT2D eigenvalue weighted by atomic mass is 10.1. The van der Waals surface area contributed by atoms with Crippen LogP contribution < -0.4 is 4.74 Å². The number of likely N-dealkylation sites (tertiary alicyclic amines) is 1. The predicted molar refractivity (Wildman–Crippen MR) is 106 cm³/mol. The fourth-order valence-electron chi connectivity index (χ4n) is 3.96. The Morgan fingerprint density at radius 1 is 0.935 bits per heavy atom. The SMILES string of the molecule is O=C(C1CC1)N1CCC(Oc2ccc(-c3ccc4nnc(C(F)(F)F)n4c3)cc2)CC1. The van der Waals surface area contributed by atoms with Gasteiger partial charge in [0.2, 0.25) is 11.7 Å². The number of carbonyl (C=O) groups excluding carboxylic acids is 1. The van der Waals surface area contributed by atoms with Crippen LogP contribution in [-0.4, -0.2) is 44.6 Å². The Morgan fingerprint density at radius 3 is 2.26 bits per heavy atom. The number of hydrogen-bond donors (Lipinski definition) is 0. The number of benzene rings is 1. The molecule has 0 N–H and O–H groups in total. The van der Waals surface area contributed by atoms with Crippen LogP contribution in [0.5, 0.6) is 5.75 Å². The Kier molecular flexibility index (Phi) is 4.83. The maximum absolute atomic E-state index is 13.1. The average Bonchev–Trinajstić information content (AvgIpc) is 3.52. The van der Waals surface area contributed by atoms with E-state index in [0.29, 0.717) is 11.3 Å². The molecule has 1 amide bonds. The molecule has 31 heavy (non-hydrogen) atoms. The van der Waals surface area contributed by atoms with Gasteiger partial charge in [-0.2, -0.15) is 13.2 Å². The van der Waals surface area contributed by atoms with Gasteiger partial charge in [0.25, 0.3) is 0 Å². The number of pyridine rings is 1. The van der Waals surface area contributed by atoms with Crippen molar-refractivity contribution in [1.82, 2.24) is 19.5 Å². The summed E-state index contributed by atoms with van der Waals surface area (Å²) >= 11 is 0. The van der Waals surface area contributed by atoms with E-state index in [1.165, 1.54) is 12.3 Å². The van der Waals surface area contributed by atoms with Gasteiger partial charge in [0, 0.05) is 38.0 Å². The first kappa shape index (κ1) is 19.8. The first-order valence-electron chi connectivity index (χ1n) is 10.4. The number of amides is 1. The molecule has 1 saturated carbocycles. The van der Waals surface area contributed by atoms with Crippen molar-refractivity contribution in [2.45, 2.75) is 38.0 Å². The molecule has 0 bridgehead atoms. The van der Waals surface area contributed by atoms with Gasteiger partial charge >= 0.3 is 6.18 Å². The molecule has 5 rings (SSSR count). The van der Waals surface area contributed by atoms with E-state index < -0.39 is 12.0 Å².